The molecule has 0 aliphatic heterocycles. The Morgan fingerprint density at radius 2 is 2.08 bits per heavy atom. The van der Waals surface area contributed by atoms with Gasteiger partial charge in [0.15, 0.2) is 5.58 Å². The van der Waals surface area contributed by atoms with Crippen LogP contribution < -0.4 is 11.1 Å². The first-order valence-corrected chi connectivity index (χ1v) is 8.06. The summed E-state index contributed by atoms with van der Waals surface area (Å²) in [6.07, 6.45) is 2.71. The molecule has 0 aliphatic rings. The molecule has 2 N–H and O–H groups in total. The highest BCUT2D eigenvalue weighted by Crippen LogP contribution is 2.18. The number of rotatable bonds is 4. The minimum atomic E-state index is -0.438. The molecule has 0 saturated carbocycles. The molecule has 0 saturated heterocycles. The highest BCUT2D eigenvalue weighted by molar-refractivity contribution is 5.97. The second-order valence-corrected chi connectivity index (χ2v) is 5.97. The van der Waals surface area contributed by atoms with E-state index >= 15 is 0 Å². The summed E-state index contributed by atoms with van der Waals surface area (Å²) in [5.74, 6) is -0.625. The van der Waals surface area contributed by atoms with Gasteiger partial charge in [-0.25, -0.2) is 4.79 Å². The smallest absolute Gasteiger partial charge is 0.408 e. The van der Waals surface area contributed by atoms with Gasteiger partial charge in [-0.15, -0.1) is 0 Å². The van der Waals surface area contributed by atoms with Crippen molar-refractivity contribution in [2.45, 2.75) is 6.42 Å². The Labute approximate surface area is 143 Å². The number of nitrogens with one attached hydrogen (secondary N) is 2. The first-order chi connectivity index (χ1) is 12.1. The number of amides is 1. The van der Waals surface area contributed by atoms with Crippen LogP contribution in [0.4, 0.5) is 0 Å². The number of aromatic nitrogens is 2. The lowest BCUT2D eigenvalue weighted by Gasteiger charge is -2.05. The van der Waals surface area contributed by atoms with Gasteiger partial charge in [0.25, 0.3) is 5.91 Å². The number of carbonyl (C=O) groups is 1. The van der Waals surface area contributed by atoms with Crippen LogP contribution in [0, 0.1) is 0 Å². The number of oxazole rings is 1. The molecule has 0 radical (unpaired) electrons. The van der Waals surface area contributed by atoms with Crippen LogP contribution in [-0.2, 0) is 13.5 Å². The maximum Gasteiger partial charge on any atom is 0.419 e. The van der Waals surface area contributed by atoms with Crippen LogP contribution in [0.3, 0.4) is 0 Å². The van der Waals surface area contributed by atoms with Gasteiger partial charge >= 0.3 is 5.76 Å². The van der Waals surface area contributed by atoms with Gasteiger partial charge in [0.1, 0.15) is 0 Å². The van der Waals surface area contributed by atoms with E-state index in [0.717, 1.165) is 11.9 Å². The molecule has 1 amide bonds. The second-order valence-electron chi connectivity index (χ2n) is 5.97. The summed E-state index contributed by atoms with van der Waals surface area (Å²) in [5.41, 5.74) is 3.81. The molecule has 0 spiro atoms. The van der Waals surface area contributed by atoms with Crippen LogP contribution in [0.2, 0.25) is 0 Å². The maximum atomic E-state index is 12.3. The minimum absolute atomic E-state index is 0.187. The first-order valence-electron chi connectivity index (χ1n) is 8.06. The first kappa shape index (κ1) is 15.3. The molecule has 0 aliphatic carbocycles. The summed E-state index contributed by atoms with van der Waals surface area (Å²) in [6, 6.07) is 13.1. The molecule has 0 unspecified atom stereocenters. The zero-order valence-corrected chi connectivity index (χ0v) is 13.7. The predicted octanol–water partition coefficient (Wildman–Crippen LogP) is 2.59. The third-order valence-electron chi connectivity index (χ3n) is 4.41. The molecular weight excluding hydrogens is 318 g/mol. The van der Waals surface area contributed by atoms with E-state index in [-0.39, 0.29) is 5.91 Å². The highest BCUT2D eigenvalue weighted by Gasteiger charge is 2.11. The molecule has 6 nitrogen and oxygen atoms in total. The number of carbonyl (C=O) groups excluding carboxylic acids is 1. The Balaban J connectivity index is 1.46. The van der Waals surface area contributed by atoms with Gasteiger partial charge in [-0.2, -0.15) is 0 Å². The average molecular weight is 335 g/mol. The molecule has 0 atom stereocenters. The van der Waals surface area contributed by atoms with E-state index in [9.17, 15) is 9.59 Å². The lowest BCUT2D eigenvalue weighted by Crippen LogP contribution is -2.25. The van der Waals surface area contributed by atoms with Crippen molar-refractivity contribution in [1.82, 2.24) is 14.9 Å². The van der Waals surface area contributed by atoms with E-state index in [1.807, 2.05) is 24.4 Å². The van der Waals surface area contributed by atoms with Gasteiger partial charge in [0, 0.05) is 36.3 Å². The van der Waals surface area contributed by atoms with Crippen molar-refractivity contribution in [1.29, 1.82) is 0 Å². The summed E-state index contributed by atoms with van der Waals surface area (Å²) in [5, 5.41) is 4.08. The fourth-order valence-electron chi connectivity index (χ4n) is 3.03. The van der Waals surface area contributed by atoms with E-state index in [1.54, 1.807) is 25.2 Å². The fraction of sp³-hybridized carbons (Fsp3) is 0.158. The Morgan fingerprint density at radius 1 is 1.24 bits per heavy atom. The minimum Gasteiger partial charge on any atom is -0.408 e. The lowest BCUT2D eigenvalue weighted by atomic mass is 10.1. The third kappa shape index (κ3) is 2.71. The van der Waals surface area contributed by atoms with Crippen molar-refractivity contribution < 1.29 is 9.21 Å². The van der Waals surface area contributed by atoms with Gasteiger partial charge in [-0.3, -0.25) is 9.36 Å². The Morgan fingerprint density at radius 3 is 2.96 bits per heavy atom. The van der Waals surface area contributed by atoms with Crippen molar-refractivity contribution >= 4 is 27.9 Å². The number of para-hydroxylation sites is 1. The van der Waals surface area contributed by atoms with Crippen molar-refractivity contribution in [3.63, 3.8) is 0 Å². The topological polar surface area (TPSA) is 80.0 Å². The lowest BCUT2D eigenvalue weighted by molar-refractivity contribution is 0.0954. The van der Waals surface area contributed by atoms with Gasteiger partial charge < -0.3 is 14.7 Å². The summed E-state index contributed by atoms with van der Waals surface area (Å²) in [6.45, 7) is 0.525. The van der Waals surface area contributed by atoms with Gasteiger partial charge in [0.05, 0.1) is 5.52 Å². The van der Waals surface area contributed by atoms with Crippen LogP contribution in [0.1, 0.15) is 15.9 Å². The van der Waals surface area contributed by atoms with Crippen molar-refractivity contribution in [2.24, 2.45) is 7.05 Å². The van der Waals surface area contributed by atoms with E-state index in [2.05, 4.69) is 16.4 Å². The molecule has 2 aromatic heterocycles. The zero-order valence-electron chi connectivity index (χ0n) is 13.7. The zero-order chi connectivity index (χ0) is 17.4. The normalized spacial score (nSPS) is 11.2. The summed E-state index contributed by atoms with van der Waals surface area (Å²) in [4.78, 5) is 27.1. The SMILES string of the molecule is Cn1c(=O)oc2cc(C(=O)NCCc3c[nH]c4ccccc34)ccc21. The largest absolute Gasteiger partial charge is 0.419 e. The number of H-pyrrole nitrogens is 1. The summed E-state index contributed by atoms with van der Waals surface area (Å²) in [7, 11) is 1.63. The Kier molecular flexibility index (Phi) is 3.65. The van der Waals surface area contributed by atoms with Crippen LogP contribution in [-0.4, -0.2) is 22.0 Å². The molecule has 4 aromatic rings. The summed E-state index contributed by atoms with van der Waals surface area (Å²) < 4.78 is 6.54. The summed E-state index contributed by atoms with van der Waals surface area (Å²) >= 11 is 0. The molecule has 6 heteroatoms. The number of aryl methyl sites for hydroxylation is 1. The van der Waals surface area contributed by atoms with Crippen LogP contribution in [0.5, 0.6) is 0 Å². The van der Waals surface area contributed by atoms with Crippen molar-refractivity contribution in [3.05, 3.63) is 70.3 Å². The fourth-order valence-corrected chi connectivity index (χ4v) is 3.03. The number of fused-ring (bicyclic) bond motifs is 2. The van der Waals surface area contributed by atoms with E-state index < -0.39 is 5.76 Å². The second kappa shape index (κ2) is 5.98. The van der Waals surface area contributed by atoms with Gasteiger partial charge in [-0.1, -0.05) is 18.2 Å². The molecule has 25 heavy (non-hydrogen) atoms. The Bertz CT molecular complexity index is 1130. The molecule has 4 rings (SSSR count). The number of nitrogens with zero attached hydrogens (tertiary/aromatic N) is 1. The van der Waals surface area contributed by atoms with Crippen LogP contribution in [0.15, 0.2) is 57.9 Å². The monoisotopic (exact) mass is 335 g/mol. The standard InChI is InChI=1S/C19H17N3O3/c1-22-16-7-6-12(10-17(16)25-19(22)24)18(23)20-9-8-13-11-21-15-5-3-2-4-14(13)15/h2-7,10-11,21H,8-9H2,1H3,(H,20,23). The highest BCUT2D eigenvalue weighted by atomic mass is 16.4. The van der Waals surface area contributed by atoms with Gasteiger partial charge in [0.2, 0.25) is 0 Å². The molecular formula is C19H17N3O3. The average Bonchev–Trinajstić information content (AvgIpc) is 3.16. The van der Waals surface area contributed by atoms with E-state index in [0.29, 0.717) is 23.2 Å². The molecule has 0 fully saturated rings. The number of aromatic amines is 1. The quantitative estimate of drug-likeness (QED) is 0.601. The van der Waals surface area contributed by atoms with E-state index in [1.165, 1.54) is 15.5 Å². The maximum absolute atomic E-state index is 12.3. The third-order valence-corrected chi connectivity index (χ3v) is 4.41. The van der Waals surface area contributed by atoms with Crippen LogP contribution >= 0.6 is 0 Å². The molecule has 126 valence electrons. The molecule has 2 heterocycles. The number of hydrogen-bond acceptors (Lipinski definition) is 3. The van der Waals surface area contributed by atoms with Crippen molar-refractivity contribution in [2.75, 3.05) is 6.54 Å². The molecule has 2 aromatic carbocycles. The predicted molar refractivity (Wildman–Crippen MR) is 95.8 cm³/mol. The number of benzene rings is 2. The van der Waals surface area contributed by atoms with Crippen LogP contribution in [0.25, 0.3) is 22.0 Å². The van der Waals surface area contributed by atoms with E-state index in [4.69, 9.17) is 4.42 Å². The van der Waals surface area contributed by atoms with Crippen molar-refractivity contribution in [3.8, 4) is 0 Å². The Hall–Kier alpha value is -3.28. The van der Waals surface area contributed by atoms with Gasteiger partial charge in [-0.05, 0) is 36.2 Å². The number of hydrogen-bond donors (Lipinski definition) is 2. The molecule has 0 bridgehead atoms.